The lowest BCUT2D eigenvalue weighted by Gasteiger charge is -2.21. The van der Waals surface area contributed by atoms with E-state index in [4.69, 9.17) is 0 Å². The molecule has 0 aliphatic carbocycles. The Hall–Kier alpha value is -1.69. The van der Waals surface area contributed by atoms with Gasteiger partial charge < -0.3 is 10.3 Å². The minimum atomic E-state index is -0.371. The third-order valence-electron chi connectivity index (χ3n) is 3.55. The van der Waals surface area contributed by atoms with E-state index in [1.807, 2.05) is 13.8 Å². The quantitative estimate of drug-likeness (QED) is 0.732. The first-order chi connectivity index (χ1) is 9.13. The van der Waals surface area contributed by atoms with E-state index in [1.54, 1.807) is 12.5 Å². The number of carbonyl (C=O) groups is 2. The fourth-order valence-electron chi connectivity index (χ4n) is 2.26. The fraction of sp³-hybridized carbons (Fsp3) is 0.615. The molecular formula is C13H20N4O2. The molecule has 2 N–H and O–H groups in total. The number of H-pyrrole nitrogens is 1. The summed E-state index contributed by atoms with van der Waals surface area (Å²) < 4.78 is 0. The van der Waals surface area contributed by atoms with Gasteiger partial charge in [-0.3, -0.25) is 14.5 Å². The summed E-state index contributed by atoms with van der Waals surface area (Å²) in [5.41, 5.74) is 1.02. The van der Waals surface area contributed by atoms with Gasteiger partial charge in [0.05, 0.1) is 18.8 Å². The molecule has 6 heteroatoms. The third kappa shape index (κ3) is 3.01. The third-order valence-corrected chi connectivity index (χ3v) is 3.55. The number of rotatable bonds is 6. The van der Waals surface area contributed by atoms with Crippen molar-refractivity contribution < 1.29 is 9.59 Å². The second-order valence-corrected chi connectivity index (χ2v) is 4.90. The maximum atomic E-state index is 12.1. The van der Waals surface area contributed by atoms with Gasteiger partial charge in [-0.15, -0.1) is 0 Å². The van der Waals surface area contributed by atoms with Crippen molar-refractivity contribution in [2.24, 2.45) is 0 Å². The van der Waals surface area contributed by atoms with E-state index in [2.05, 4.69) is 15.3 Å². The number of imidazole rings is 1. The number of carbonyl (C=O) groups excluding carboxylic acids is 2. The highest BCUT2D eigenvalue weighted by molar-refractivity contribution is 6.05. The van der Waals surface area contributed by atoms with Gasteiger partial charge in [0.25, 0.3) is 0 Å². The highest BCUT2D eigenvalue weighted by atomic mass is 16.2. The van der Waals surface area contributed by atoms with E-state index in [0.29, 0.717) is 6.54 Å². The lowest BCUT2D eigenvalue weighted by Crippen LogP contribution is -2.43. The molecule has 0 radical (unpaired) electrons. The number of aromatic nitrogens is 2. The van der Waals surface area contributed by atoms with Crippen LogP contribution in [0.25, 0.3) is 0 Å². The van der Waals surface area contributed by atoms with E-state index >= 15 is 0 Å². The molecule has 6 nitrogen and oxygen atoms in total. The van der Waals surface area contributed by atoms with Gasteiger partial charge in [-0.25, -0.2) is 4.98 Å². The minimum Gasteiger partial charge on any atom is -0.348 e. The summed E-state index contributed by atoms with van der Waals surface area (Å²) in [5.74, 6) is -0.164. The molecular weight excluding hydrogens is 244 g/mol. The van der Waals surface area contributed by atoms with Crippen LogP contribution in [-0.2, 0) is 16.0 Å². The molecule has 1 aliphatic rings. The zero-order valence-electron chi connectivity index (χ0n) is 11.3. The largest absolute Gasteiger partial charge is 0.348 e. The van der Waals surface area contributed by atoms with Gasteiger partial charge in [-0.2, -0.15) is 0 Å². The zero-order valence-corrected chi connectivity index (χ0v) is 11.3. The van der Waals surface area contributed by atoms with Gasteiger partial charge >= 0.3 is 0 Å². The molecule has 1 saturated heterocycles. The summed E-state index contributed by atoms with van der Waals surface area (Å²) in [4.78, 5) is 32.3. The summed E-state index contributed by atoms with van der Waals surface area (Å²) in [6.07, 6.45) is 5.21. The molecule has 1 aliphatic heterocycles. The van der Waals surface area contributed by atoms with Gasteiger partial charge in [0.1, 0.15) is 0 Å². The summed E-state index contributed by atoms with van der Waals surface area (Å²) in [6, 6.07) is -0.385. The zero-order chi connectivity index (χ0) is 13.8. The Balaban J connectivity index is 1.85. The van der Waals surface area contributed by atoms with Crippen LogP contribution in [-0.4, -0.2) is 45.3 Å². The molecule has 0 spiro atoms. The smallest absolute Gasteiger partial charge is 0.247 e. The molecule has 2 amide bonds. The van der Waals surface area contributed by atoms with Gasteiger partial charge in [0.15, 0.2) is 0 Å². The number of nitrogens with one attached hydrogen (secondary N) is 2. The Morgan fingerprint density at radius 3 is 3.00 bits per heavy atom. The van der Waals surface area contributed by atoms with E-state index in [-0.39, 0.29) is 30.3 Å². The highest BCUT2D eigenvalue weighted by Gasteiger charge is 2.40. The summed E-state index contributed by atoms with van der Waals surface area (Å²) >= 11 is 0. The molecule has 1 aromatic rings. The number of hydrogen-bond donors (Lipinski definition) is 2. The Morgan fingerprint density at radius 1 is 1.58 bits per heavy atom. The maximum absolute atomic E-state index is 12.1. The first-order valence-electron chi connectivity index (χ1n) is 6.70. The van der Waals surface area contributed by atoms with Crippen LogP contribution in [0.1, 0.15) is 32.4 Å². The molecule has 0 aromatic carbocycles. The molecule has 2 rings (SSSR count). The average molecular weight is 264 g/mol. The predicted molar refractivity (Wildman–Crippen MR) is 70.3 cm³/mol. The van der Waals surface area contributed by atoms with E-state index in [9.17, 15) is 9.59 Å². The van der Waals surface area contributed by atoms with Crippen molar-refractivity contribution in [3.63, 3.8) is 0 Å². The Morgan fingerprint density at radius 2 is 2.37 bits per heavy atom. The molecule has 1 fully saturated rings. The molecule has 1 aromatic heterocycles. The van der Waals surface area contributed by atoms with Crippen molar-refractivity contribution in [3.8, 4) is 0 Å². The summed E-state index contributed by atoms with van der Waals surface area (Å²) in [5, 5.41) is 3.15. The van der Waals surface area contributed by atoms with E-state index in [0.717, 1.165) is 18.5 Å². The Bertz CT molecular complexity index is 444. The molecule has 19 heavy (non-hydrogen) atoms. The van der Waals surface area contributed by atoms with Crippen molar-refractivity contribution in [3.05, 3.63) is 18.2 Å². The second kappa shape index (κ2) is 5.97. The van der Waals surface area contributed by atoms with Crippen LogP contribution in [0.4, 0.5) is 0 Å². The van der Waals surface area contributed by atoms with Gasteiger partial charge in [-0.1, -0.05) is 6.92 Å². The molecule has 2 atom stereocenters. The number of likely N-dealkylation sites (tertiary alicyclic amines) is 1. The average Bonchev–Trinajstić information content (AvgIpc) is 2.98. The van der Waals surface area contributed by atoms with Crippen LogP contribution in [0.15, 0.2) is 12.5 Å². The predicted octanol–water partition coefficient (Wildman–Crippen LogP) is 0.468. The normalized spacial score (nSPS) is 21.2. The van der Waals surface area contributed by atoms with Crippen molar-refractivity contribution >= 4 is 11.8 Å². The number of hydrogen-bond acceptors (Lipinski definition) is 4. The summed E-state index contributed by atoms with van der Waals surface area (Å²) in [6.45, 7) is 4.53. The molecule has 0 bridgehead atoms. The van der Waals surface area contributed by atoms with E-state index < -0.39 is 0 Å². The maximum Gasteiger partial charge on any atom is 0.247 e. The van der Waals surface area contributed by atoms with Gasteiger partial charge in [0.2, 0.25) is 11.8 Å². The SMILES string of the molecule is CCC(C)N1C(=O)CC(NCCc2cnc[nH]2)C1=O. The number of nitrogens with zero attached hydrogens (tertiary/aromatic N) is 2. The summed E-state index contributed by atoms with van der Waals surface area (Å²) in [7, 11) is 0. The first-order valence-corrected chi connectivity index (χ1v) is 6.70. The molecule has 104 valence electrons. The minimum absolute atomic E-state index is 0.0144. The van der Waals surface area contributed by atoms with Crippen LogP contribution >= 0.6 is 0 Å². The van der Waals surface area contributed by atoms with Crippen LogP contribution in [0, 0.1) is 0 Å². The lowest BCUT2D eigenvalue weighted by atomic mass is 10.2. The molecule has 2 heterocycles. The van der Waals surface area contributed by atoms with Crippen LogP contribution in [0.3, 0.4) is 0 Å². The van der Waals surface area contributed by atoms with Crippen LogP contribution in [0.2, 0.25) is 0 Å². The van der Waals surface area contributed by atoms with Gasteiger partial charge in [0, 0.05) is 30.9 Å². The standard InChI is InChI=1S/C13H20N4O2/c1-3-9(2)17-12(18)6-11(13(17)19)15-5-4-10-7-14-8-16-10/h7-9,11,15H,3-6H2,1-2H3,(H,14,16). The van der Waals surface area contributed by atoms with Crippen molar-refractivity contribution in [1.29, 1.82) is 0 Å². The number of imide groups is 1. The molecule has 2 unspecified atom stereocenters. The van der Waals surface area contributed by atoms with E-state index in [1.165, 1.54) is 4.90 Å². The Labute approximate surface area is 112 Å². The first kappa shape index (κ1) is 13.7. The van der Waals surface area contributed by atoms with Crippen molar-refractivity contribution in [2.45, 2.75) is 45.2 Å². The highest BCUT2D eigenvalue weighted by Crippen LogP contribution is 2.17. The topological polar surface area (TPSA) is 78.1 Å². The number of aromatic amines is 1. The monoisotopic (exact) mass is 264 g/mol. The number of amides is 2. The second-order valence-electron chi connectivity index (χ2n) is 4.90. The van der Waals surface area contributed by atoms with Crippen LogP contribution < -0.4 is 5.32 Å². The van der Waals surface area contributed by atoms with Crippen LogP contribution in [0.5, 0.6) is 0 Å². The molecule has 0 saturated carbocycles. The van der Waals surface area contributed by atoms with Crippen molar-refractivity contribution in [1.82, 2.24) is 20.2 Å². The lowest BCUT2D eigenvalue weighted by molar-refractivity contribution is -0.141. The fourth-order valence-corrected chi connectivity index (χ4v) is 2.26. The van der Waals surface area contributed by atoms with Gasteiger partial charge in [-0.05, 0) is 13.3 Å². The Kier molecular flexibility index (Phi) is 4.31. The van der Waals surface area contributed by atoms with Crippen molar-refractivity contribution in [2.75, 3.05) is 6.54 Å².